The van der Waals surface area contributed by atoms with E-state index < -0.39 is 0 Å². The Labute approximate surface area is 214 Å². The Kier molecular flexibility index (Phi) is 6.85. The Hall–Kier alpha value is -4.65. The Morgan fingerprint density at radius 1 is 0.919 bits per heavy atom. The van der Waals surface area contributed by atoms with Crippen LogP contribution in [0.25, 0.3) is 16.6 Å². The number of aromatic amines is 1. The summed E-state index contributed by atoms with van der Waals surface area (Å²) in [6.07, 6.45) is 2.68. The molecule has 0 fully saturated rings. The molecule has 6 nitrogen and oxygen atoms in total. The first-order chi connectivity index (χ1) is 18.0. The van der Waals surface area contributed by atoms with Gasteiger partial charge in [-0.2, -0.15) is 0 Å². The van der Waals surface area contributed by atoms with E-state index in [9.17, 15) is 9.18 Å². The molecular formula is C30H28FN5O. The smallest absolute Gasteiger partial charge is 0.257 e. The molecule has 2 aromatic heterocycles. The van der Waals surface area contributed by atoms with Gasteiger partial charge in [-0.25, -0.2) is 4.39 Å². The van der Waals surface area contributed by atoms with Crippen LogP contribution >= 0.6 is 0 Å². The summed E-state index contributed by atoms with van der Waals surface area (Å²) in [5.41, 5.74) is 6.61. The largest absolute Gasteiger partial charge is 0.361 e. The number of carbonyl (C=O) groups excluding carboxylic acids is 1. The molecule has 3 N–H and O–H groups in total. The van der Waals surface area contributed by atoms with Crippen molar-refractivity contribution in [1.82, 2.24) is 14.9 Å². The van der Waals surface area contributed by atoms with Gasteiger partial charge in [0.25, 0.3) is 5.91 Å². The van der Waals surface area contributed by atoms with Crippen molar-refractivity contribution >= 4 is 28.5 Å². The van der Waals surface area contributed by atoms with Crippen LogP contribution in [0, 0.1) is 19.7 Å². The number of guanidine groups is 1. The molecule has 0 unspecified atom stereocenters. The summed E-state index contributed by atoms with van der Waals surface area (Å²) in [4.78, 5) is 21.0. The van der Waals surface area contributed by atoms with Crippen molar-refractivity contribution in [3.63, 3.8) is 0 Å². The summed E-state index contributed by atoms with van der Waals surface area (Å²) < 4.78 is 15.5. The van der Waals surface area contributed by atoms with Gasteiger partial charge in [-0.3, -0.25) is 15.1 Å². The second-order valence-corrected chi connectivity index (χ2v) is 8.92. The maximum absolute atomic E-state index is 13.4. The van der Waals surface area contributed by atoms with E-state index in [1.54, 1.807) is 24.3 Å². The number of amides is 1. The minimum atomic E-state index is -0.333. The van der Waals surface area contributed by atoms with Crippen molar-refractivity contribution < 1.29 is 9.18 Å². The van der Waals surface area contributed by atoms with Gasteiger partial charge in [-0.15, -0.1) is 0 Å². The lowest BCUT2D eigenvalue weighted by atomic mass is 10.1. The summed E-state index contributed by atoms with van der Waals surface area (Å²) in [6.45, 7) is 4.55. The average Bonchev–Trinajstić information content (AvgIpc) is 3.47. The lowest BCUT2D eigenvalue weighted by Gasteiger charge is -2.13. The molecule has 0 spiro atoms. The van der Waals surface area contributed by atoms with Crippen molar-refractivity contribution in [3.8, 4) is 5.69 Å². The molecule has 37 heavy (non-hydrogen) atoms. The van der Waals surface area contributed by atoms with Crippen molar-refractivity contribution in [2.75, 3.05) is 11.9 Å². The Morgan fingerprint density at radius 2 is 1.62 bits per heavy atom. The first kappa shape index (κ1) is 24.1. The molecule has 0 saturated heterocycles. The minimum Gasteiger partial charge on any atom is -0.361 e. The fraction of sp³-hybridized carbons (Fsp3) is 0.133. The van der Waals surface area contributed by atoms with E-state index >= 15 is 0 Å². The van der Waals surface area contributed by atoms with Gasteiger partial charge in [0.05, 0.1) is 0 Å². The molecule has 5 aromatic rings. The number of rotatable bonds is 6. The van der Waals surface area contributed by atoms with Gasteiger partial charge in [0.1, 0.15) is 5.82 Å². The zero-order valence-electron chi connectivity index (χ0n) is 20.8. The molecule has 0 saturated carbocycles. The molecule has 0 aliphatic rings. The predicted octanol–water partition coefficient (Wildman–Crippen LogP) is 6.16. The average molecular weight is 494 g/mol. The van der Waals surface area contributed by atoms with Gasteiger partial charge in [0, 0.05) is 52.0 Å². The molecule has 0 radical (unpaired) electrons. The second kappa shape index (κ2) is 10.5. The summed E-state index contributed by atoms with van der Waals surface area (Å²) in [6, 6.07) is 25.6. The molecule has 5 rings (SSSR count). The van der Waals surface area contributed by atoms with E-state index in [1.165, 1.54) is 12.1 Å². The second-order valence-electron chi connectivity index (χ2n) is 8.92. The van der Waals surface area contributed by atoms with E-state index in [4.69, 9.17) is 0 Å². The van der Waals surface area contributed by atoms with Gasteiger partial charge in [-0.05, 0) is 92.6 Å². The number of aliphatic imine (C=N–C) groups is 1. The van der Waals surface area contributed by atoms with Crippen LogP contribution in [0.3, 0.4) is 0 Å². The van der Waals surface area contributed by atoms with Crippen LogP contribution in [0.5, 0.6) is 0 Å². The van der Waals surface area contributed by atoms with Gasteiger partial charge >= 0.3 is 0 Å². The SMILES string of the molecule is Cc1ccc(C)n1-c1ccc(C(=O)NC(=NCCc2c[nH]c3ccccc23)Nc2ccc(F)cc2)cc1. The summed E-state index contributed by atoms with van der Waals surface area (Å²) in [5.74, 6) is -0.314. The summed E-state index contributed by atoms with van der Waals surface area (Å²) in [7, 11) is 0. The van der Waals surface area contributed by atoms with Crippen LogP contribution in [-0.2, 0) is 6.42 Å². The topological polar surface area (TPSA) is 74.2 Å². The number of H-pyrrole nitrogens is 1. The summed E-state index contributed by atoms with van der Waals surface area (Å²) in [5, 5.41) is 7.15. The fourth-order valence-electron chi connectivity index (χ4n) is 4.42. The molecule has 2 heterocycles. The van der Waals surface area contributed by atoms with Crippen LogP contribution in [0.1, 0.15) is 27.3 Å². The number of hydrogen-bond acceptors (Lipinski definition) is 2. The Balaban J connectivity index is 1.33. The number of aromatic nitrogens is 2. The van der Waals surface area contributed by atoms with Crippen LogP contribution in [-0.4, -0.2) is 28.0 Å². The lowest BCUT2D eigenvalue weighted by molar-refractivity contribution is 0.0977. The molecule has 3 aromatic carbocycles. The van der Waals surface area contributed by atoms with Gasteiger partial charge in [-0.1, -0.05) is 18.2 Å². The van der Waals surface area contributed by atoms with Crippen LogP contribution < -0.4 is 10.6 Å². The first-order valence-electron chi connectivity index (χ1n) is 12.2. The third-order valence-corrected chi connectivity index (χ3v) is 6.32. The lowest BCUT2D eigenvalue weighted by Crippen LogP contribution is -2.36. The molecule has 7 heteroatoms. The standard InChI is InChI=1S/C30H28FN5O/c1-20-7-8-21(2)36(20)26-15-9-22(10-16-26)29(37)35-30(34-25-13-11-24(31)12-14-25)32-18-17-23-19-33-28-6-4-3-5-27(23)28/h3-16,19,33H,17-18H2,1-2H3,(H2,32,34,35,37). The third-order valence-electron chi connectivity index (χ3n) is 6.32. The van der Waals surface area contributed by atoms with E-state index in [-0.39, 0.29) is 11.7 Å². The van der Waals surface area contributed by atoms with Crippen LogP contribution in [0.2, 0.25) is 0 Å². The van der Waals surface area contributed by atoms with Crippen LogP contribution in [0.4, 0.5) is 10.1 Å². The number of fused-ring (bicyclic) bond motifs is 1. The Morgan fingerprint density at radius 3 is 2.35 bits per heavy atom. The number of nitrogens with one attached hydrogen (secondary N) is 3. The highest BCUT2D eigenvalue weighted by Gasteiger charge is 2.12. The molecule has 0 aliphatic carbocycles. The van der Waals surface area contributed by atoms with Gasteiger partial charge in [0.15, 0.2) is 0 Å². The highest BCUT2D eigenvalue weighted by molar-refractivity contribution is 6.10. The molecule has 0 atom stereocenters. The Bertz CT molecular complexity index is 1540. The highest BCUT2D eigenvalue weighted by Crippen LogP contribution is 2.19. The highest BCUT2D eigenvalue weighted by atomic mass is 19.1. The molecular weight excluding hydrogens is 465 g/mol. The number of benzene rings is 3. The quantitative estimate of drug-likeness (QED) is 0.196. The predicted molar refractivity (Wildman–Crippen MR) is 147 cm³/mol. The van der Waals surface area contributed by atoms with Gasteiger partial charge in [0.2, 0.25) is 5.96 Å². The first-order valence-corrected chi connectivity index (χ1v) is 12.2. The van der Waals surface area contributed by atoms with E-state index in [0.29, 0.717) is 30.2 Å². The van der Waals surface area contributed by atoms with Crippen molar-refractivity contribution in [3.05, 3.63) is 119 Å². The summed E-state index contributed by atoms with van der Waals surface area (Å²) >= 11 is 0. The van der Waals surface area contributed by atoms with Crippen molar-refractivity contribution in [1.29, 1.82) is 0 Å². The van der Waals surface area contributed by atoms with Gasteiger partial charge < -0.3 is 14.9 Å². The molecule has 186 valence electrons. The zero-order valence-corrected chi connectivity index (χ0v) is 20.8. The third kappa shape index (κ3) is 5.46. The maximum Gasteiger partial charge on any atom is 0.257 e. The number of aryl methyl sites for hydroxylation is 2. The number of para-hydroxylation sites is 1. The maximum atomic E-state index is 13.4. The number of halogens is 1. The fourth-order valence-corrected chi connectivity index (χ4v) is 4.42. The molecule has 0 aliphatic heterocycles. The monoisotopic (exact) mass is 493 g/mol. The van der Waals surface area contributed by atoms with Crippen molar-refractivity contribution in [2.45, 2.75) is 20.3 Å². The molecule has 1 amide bonds. The minimum absolute atomic E-state index is 0.284. The van der Waals surface area contributed by atoms with Crippen LogP contribution in [0.15, 0.2) is 96.1 Å². The van der Waals surface area contributed by atoms with E-state index in [2.05, 4.69) is 43.4 Å². The van der Waals surface area contributed by atoms with E-state index in [0.717, 1.165) is 33.5 Å². The van der Waals surface area contributed by atoms with E-state index in [1.807, 2.05) is 50.4 Å². The normalized spacial score (nSPS) is 11.6. The zero-order chi connectivity index (χ0) is 25.8. The number of nitrogens with zero attached hydrogens (tertiary/aromatic N) is 2. The number of carbonyl (C=O) groups is 1. The number of anilines is 1. The number of hydrogen-bond donors (Lipinski definition) is 3. The molecule has 0 bridgehead atoms. The van der Waals surface area contributed by atoms with Crippen molar-refractivity contribution in [2.24, 2.45) is 4.99 Å².